The first kappa shape index (κ1) is 12.0. The lowest BCUT2D eigenvalue weighted by Gasteiger charge is -2.25. The number of para-hydroxylation sites is 1. The van der Waals surface area contributed by atoms with Crippen LogP contribution in [0.1, 0.15) is 24.8 Å². The lowest BCUT2D eigenvalue weighted by molar-refractivity contribution is 0.300. The third kappa shape index (κ3) is 3.51. The maximum atomic E-state index is 5.51. The van der Waals surface area contributed by atoms with Gasteiger partial charge in [-0.05, 0) is 31.4 Å². The number of ether oxygens (including phenoxy) is 1. The third-order valence-electron chi connectivity index (χ3n) is 3.26. The summed E-state index contributed by atoms with van der Waals surface area (Å²) in [5.74, 6) is 4.27. The number of nitrogens with one attached hydrogen (secondary N) is 1. The van der Waals surface area contributed by atoms with Crippen molar-refractivity contribution < 1.29 is 4.74 Å². The molecular formula is C15H19NO. The minimum Gasteiger partial charge on any atom is -0.481 e. The van der Waals surface area contributed by atoms with Crippen LogP contribution in [0, 0.1) is 18.3 Å². The first-order valence-electron chi connectivity index (χ1n) is 6.25. The van der Waals surface area contributed by atoms with Crippen molar-refractivity contribution in [2.24, 2.45) is 5.92 Å². The molecule has 0 unspecified atom stereocenters. The van der Waals surface area contributed by atoms with E-state index in [0.29, 0.717) is 6.61 Å². The molecule has 1 fully saturated rings. The predicted molar refractivity (Wildman–Crippen MR) is 69.8 cm³/mol. The fraction of sp³-hybridized carbons (Fsp3) is 0.467. The summed E-state index contributed by atoms with van der Waals surface area (Å²) in [6, 6.07) is 8.06. The molecule has 1 saturated carbocycles. The molecule has 17 heavy (non-hydrogen) atoms. The van der Waals surface area contributed by atoms with E-state index >= 15 is 0 Å². The zero-order valence-electron chi connectivity index (χ0n) is 10.1. The Labute approximate surface area is 103 Å². The highest BCUT2D eigenvalue weighted by atomic mass is 16.5. The van der Waals surface area contributed by atoms with E-state index in [9.17, 15) is 0 Å². The third-order valence-corrected chi connectivity index (χ3v) is 3.26. The molecule has 1 aliphatic carbocycles. The maximum Gasteiger partial charge on any atom is 0.148 e. The van der Waals surface area contributed by atoms with Gasteiger partial charge in [-0.25, -0.2) is 0 Å². The van der Waals surface area contributed by atoms with Crippen LogP contribution in [0.3, 0.4) is 0 Å². The van der Waals surface area contributed by atoms with Crippen molar-refractivity contribution >= 4 is 0 Å². The van der Waals surface area contributed by atoms with Gasteiger partial charge in [0.05, 0.1) is 0 Å². The zero-order chi connectivity index (χ0) is 11.9. The van der Waals surface area contributed by atoms with Gasteiger partial charge in [0.15, 0.2) is 0 Å². The molecule has 2 nitrogen and oxygen atoms in total. The fourth-order valence-corrected chi connectivity index (χ4v) is 2.02. The summed E-state index contributed by atoms with van der Waals surface area (Å²) in [7, 11) is 0. The van der Waals surface area contributed by atoms with Crippen molar-refractivity contribution in [2.45, 2.75) is 25.8 Å². The Bertz CT molecular complexity index is 390. The van der Waals surface area contributed by atoms with E-state index in [1.54, 1.807) is 0 Å². The topological polar surface area (TPSA) is 21.3 Å². The number of benzene rings is 1. The van der Waals surface area contributed by atoms with E-state index in [1.807, 2.05) is 18.2 Å². The number of hydrogen-bond acceptors (Lipinski definition) is 2. The van der Waals surface area contributed by atoms with Crippen LogP contribution in [0.4, 0.5) is 0 Å². The molecule has 1 aromatic carbocycles. The van der Waals surface area contributed by atoms with Gasteiger partial charge in [0.1, 0.15) is 12.4 Å². The van der Waals surface area contributed by atoms with Crippen molar-refractivity contribution in [2.75, 3.05) is 13.2 Å². The van der Waals surface area contributed by atoms with E-state index < -0.39 is 0 Å². The maximum absolute atomic E-state index is 5.51. The Balaban J connectivity index is 1.83. The summed E-state index contributed by atoms with van der Waals surface area (Å²) in [5.41, 5.74) is 1.18. The molecule has 0 radical (unpaired) electrons. The molecule has 0 aromatic heterocycles. The molecule has 1 N–H and O–H groups in total. The molecule has 0 heterocycles. The van der Waals surface area contributed by atoms with Crippen LogP contribution in [0.25, 0.3) is 0 Å². The molecule has 0 saturated heterocycles. The van der Waals surface area contributed by atoms with Crippen LogP contribution >= 0.6 is 0 Å². The molecule has 1 aromatic rings. The minimum atomic E-state index is 0.333. The lowest BCUT2D eigenvalue weighted by Crippen LogP contribution is -2.27. The highest BCUT2D eigenvalue weighted by Crippen LogP contribution is 2.25. The molecule has 0 spiro atoms. The molecule has 1 aliphatic rings. The van der Waals surface area contributed by atoms with Crippen LogP contribution in [0.5, 0.6) is 5.75 Å². The van der Waals surface area contributed by atoms with Crippen LogP contribution in [-0.4, -0.2) is 13.2 Å². The average Bonchev–Trinajstić information content (AvgIpc) is 2.31. The molecule has 0 amide bonds. The molecule has 2 heteroatoms. The smallest absolute Gasteiger partial charge is 0.148 e. The molecule has 0 bridgehead atoms. The van der Waals surface area contributed by atoms with E-state index in [0.717, 1.165) is 24.8 Å². The SMILES string of the molecule is C#CCOc1ccccc1CNCC1CCC1. The predicted octanol–water partition coefficient (Wildman–Crippen LogP) is 2.59. The highest BCUT2D eigenvalue weighted by Gasteiger charge is 2.16. The van der Waals surface area contributed by atoms with Gasteiger partial charge in [-0.1, -0.05) is 30.5 Å². The van der Waals surface area contributed by atoms with Gasteiger partial charge in [0.2, 0.25) is 0 Å². The van der Waals surface area contributed by atoms with Crippen LogP contribution in [0.2, 0.25) is 0 Å². The second kappa shape index (κ2) is 6.32. The highest BCUT2D eigenvalue weighted by molar-refractivity contribution is 5.33. The summed E-state index contributed by atoms with van der Waals surface area (Å²) in [4.78, 5) is 0. The Kier molecular flexibility index (Phi) is 4.46. The van der Waals surface area contributed by atoms with E-state index in [-0.39, 0.29) is 0 Å². The van der Waals surface area contributed by atoms with Gasteiger partial charge in [-0.15, -0.1) is 6.42 Å². The van der Waals surface area contributed by atoms with Gasteiger partial charge in [-0.2, -0.15) is 0 Å². The summed E-state index contributed by atoms with van der Waals surface area (Å²) >= 11 is 0. The summed E-state index contributed by atoms with van der Waals surface area (Å²) < 4.78 is 5.51. The van der Waals surface area contributed by atoms with Crippen molar-refractivity contribution in [3.8, 4) is 18.1 Å². The van der Waals surface area contributed by atoms with E-state index in [4.69, 9.17) is 11.2 Å². The monoisotopic (exact) mass is 229 g/mol. The van der Waals surface area contributed by atoms with Gasteiger partial charge in [0, 0.05) is 12.1 Å². The standard InChI is InChI=1S/C15H19NO/c1-2-10-17-15-9-4-3-8-14(15)12-16-11-13-6-5-7-13/h1,3-4,8-9,13,16H,5-7,10-12H2. The molecule has 0 atom stereocenters. The quantitative estimate of drug-likeness (QED) is 0.757. The number of terminal acetylenes is 1. The molecule has 2 rings (SSSR count). The summed E-state index contributed by atoms with van der Waals surface area (Å²) in [5, 5.41) is 3.49. The van der Waals surface area contributed by atoms with Crippen molar-refractivity contribution in [1.29, 1.82) is 0 Å². The lowest BCUT2D eigenvalue weighted by atomic mass is 9.85. The summed E-state index contributed by atoms with van der Waals surface area (Å²) in [6.45, 7) is 2.31. The number of hydrogen-bond donors (Lipinski definition) is 1. The summed E-state index contributed by atoms with van der Waals surface area (Å²) in [6.07, 6.45) is 9.35. The Morgan fingerprint density at radius 2 is 2.18 bits per heavy atom. The molecular weight excluding hydrogens is 210 g/mol. The Morgan fingerprint density at radius 3 is 2.88 bits per heavy atom. The normalized spacial score (nSPS) is 15.0. The zero-order valence-corrected chi connectivity index (χ0v) is 10.1. The fourth-order valence-electron chi connectivity index (χ4n) is 2.02. The average molecular weight is 229 g/mol. The van der Waals surface area contributed by atoms with Crippen LogP contribution in [-0.2, 0) is 6.54 Å². The van der Waals surface area contributed by atoms with Crippen molar-refractivity contribution in [1.82, 2.24) is 5.32 Å². The number of rotatable bonds is 6. The Morgan fingerprint density at radius 1 is 1.35 bits per heavy atom. The first-order chi connectivity index (χ1) is 8.40. The van der Waals surface area contributed by atoms with Crippen LogP contribution < -0.4 is 10.1 Å². The van der Waals surface area contributed by atoms with Crippen LogP contribution in [0.15, 0.2) is 24.3 Å². The Hall–Kier alpha value is -1.46. The van der Waals surface area contributed by atoms with E-state index in [1.165, 1.54) is 24.8 Å². The molecule has 0 aliphatic heterocycles. The van der Waals surface area contributed by atoms with E-state index in [2.05, 4.69) is 17.3 Å². The molecule has 90 valence electrons. The van der Waals surface area contributed by atoms with Gasteiger partial charge in [-0.3, -0.25) is 0 Å². The second-order valence-corrected chi connectivity index (χ2v) is 4.53. The van der Waals surface area contributed by atoms with Crippen molar-refractivity contribution in [3.05, 3.63) is 29.8 Å². The first-order valence-corrected chi connectivity index (χ1v) is 6.25. The van der Waals surface area contributed by atoms with Crippen molar-refractivity contribution in [3.63, 3.8) is 0 Å². The van der Waals surface area contributed by atoms with Gasteiger partial charge < -0.3 is 10.1 Å². The second-order valence-electron chi connectivity index (χ2n) is 4.53. The van der Waals surface area contributed by atoms with Gasteiger partial charge >= 0.3 is 0 Å². The largest absolute Gasteiger partial charge is 0.481 e. The van der Waals surface area contributed by atoms with Gasteiger partial charge in [0.25, 0.3) is 0 Å². The minimum absolute atomic E-state index is 0.333.